The third-order valence-corrected chi connectivity index (χ3v) is 3.87. The molecule has 1 saturated heterocycles. The normalized spacial score (nSPS) is 17.9. The van der Waals surface area contributed by atoms with Crippen LogP contribution in [0.15, 0.2) is 24.3 Å². The first kappa shape index (κ1) is 15.6. The maximum Gasteiger partial charge on any atom is 0.317 e. The van der Waals surface area contributed by atoms with E-state index >= 15 is 0 Å². The van der Waals surface area contributed by atoms with Crippen LogP contribution in [-0.2, 0) is 4.74 Å². The Morgan fingerprint density at radius 2 is 2.29 bits per heavy atom. The molecule has 1 aliphatic rings. The van der Waals surface area contributed by atoms with Gasteiger partial charge >= 0.3 is 6.03 Å². The molecule has 21 heavy (non-hydrogen) atoms. The predicted octanol–water partition coefficient (Wildman–Crippen LogP) is 2.25. The highest BCUT2D eigenvalue weighted by Gasteiger charge is 2.29. The SMILES string of the molecule is COCCNC(=O)N1CCCC1c1cccc(N(C)C)c1. The van der Waals surface area contributed by atoms with Gasteiger partial charge in [0, 0.05) is 40.0 Å². The van der Waals surface area contributed by atoms with Crippen LogP contribution in [0.1, 0.15) is 24.4 Å². The van der Waals surface area contributed by atoms with E-state index < -0.39 is 0 Å². The van der Waals surface area contributed by atoms with Crippen molar-refractivity contribution in [2.45, 2.75) is 18.9 Å². The van der Waals surface area contributed by atoms with Crippen LogP contribution in [0.4, 0.5) is 10.5 Å². The van der Waals surface area contributed by atoms with Crippen LogP contribution in [0.5, 0.6) is 0 Å². The summed E-state index contributed by atoms with van der Waals surface area (Å²) in [7, 11) is 5.70. The quantitative estimate of drug-likeness (QED) is 0.846. The summed E-state index contributed by atoms with van der Waals surface area (Å²) >= 11 is 0. The summed E-state index contributed by atoms with van der Waals surface area (Å²) < 4.78 is 4.97. The maximum absolute atomic E-state index is 12.3. The van der Waals surface area contributed by atoms with E-state index in [0.29, 0.717) is 13.2 Å². The van der Waals surface area contributed by atoms with Gasteiger partial charge in [0.25, 0.3) is 0 Å². The Balaban J connectivity index is 2.07. The van der Waals surface area contributed by atoms with Gasteiger partial charge in [0.15, 0.2) is 0 Å². The molecule has 0 spiro atoms. The lowest BCUT2D eigenvalue weighted by Crippen LogP contribution is -2.40. The minimum absolute atomic E-state index is 0.00445. The van der Waals surface area contributed by atoms with Crippen LogP contribution in [0.25, 0.3) is 0 Å². The van der Waals surface area contributed by atoms with Crippen LogP contribution in [0, 0.1) is 0 Å². The molecule has 0 radical (unpaired) electrons. The molecule has 0 aliphatic carbocycles. The fourth-order valence-corrected chi connectivity index (χ4v) is 2.73. The lowest BCUT2D eigenvalue weighted by Gasteiger charge is -2.26. The van der Waals surface area contributed by atoms with Crippen LogP contribution >= 0.6 is 0 Å². The Morgan fingerprint density at radius 3 is 3.00 bits per heavy atom. The number of carbonyl (C=O) groups excluding carboxylic acids is 1. The lowest BCUT2D eigenvalue weighted by molar-refractivity contribution is 0.176. The van der Waals surface area contributed by atoms with Crippen LogP contribution < -0.4 is 10.2 Å². The second kappa shape index (κ2) is 7.31. The Kier molecular flexibility index (Phi) is 5.44. The van der Waals surface area contributed by atoms with Gasteiger partial charge in [-0.05, 0) is 30.5 Å². The van der Waals surface area contributed by atoms with E-state index in [9.17, 15) is 4.79 Å². The van der Waals surface area contributed by atoms with E-state index in [1.54, 1.807) is 7.11 Å². The first-order chi connectivity index (χ1) is 10.1. The van der Waals surface area contributed by atoms with Gasteiger partial charge in [-0.15, -0.1) is 0 Å². The third-order valence-electron chi connectivity index (χ3n) is 3.87. The molecule has 2 amide bonds. The predicted molar refractivity (Wildman–Crippen MR) is 84.7 cm³/mol. The van der Waals surface area contributed by atoms with Gasteiger partial charge in [0.2, 0.25) is 0 Å². The van der Waals surface area contributed by atoms with Gasteiger partial charge in [-0.2, -0.15) is 0 Å². The second-order valence-electron chi connectivity index (χ2n) is 5.57. The zero-order valence-corrected chi connectivity index (χ0v) is 13.1. The summed E-state index contributed by atoms with van der Waals surface area (Å²) in [6.07, 6.45) is 2.07. The number of likely N-dealkylation sites (tertiary alicyclic amines) is 1. The molecule has 0 bridgehead atoms. The lowest BCUT2D eigenvalue weighted by atomic mass is 10.0. The smallest absolute Gasteiger partial charge is 0.317 e. The molecule has 5 heteroatoms. The first-order valence-electron chi connectivity index (χ1n) is 7.44. The number of carbonyl (C=O) groups is 1. The van der Waals surface area contributed by atoms with E-state index in [1.165, 1.54) is 11.3 Å². The summed E-state index contributed by atoms with van der Waals surface area (Å²) in [5.74, 6) is 0. The molecule has 116 valence electrons. The molecule has 1 fully saturated rings. The number of ether oxygens (including phenoxy) is 1. The highest BCUT2D eigenvalue weighted by molar-refractivity contribution is 5.75. The largest absolute Gasteiger partial charge is 0.383 e. The fraction of sp³-hybridized carbons (Fsp3) is 0.562. The van der Waals surface area contributed by atoms with Gasteiger partial charge in [0.05, 0.1) is 12.6 Å². The molecule has 2 rings (SSSR count). The van der Waals surface area contributed by atoms with Gasteiger partial charge < -0.3 is 19.9 Å². The molecule has 1 unspecified atom stereocenters. The fourth-order valence-electron chi connectivity index (χ4n) is 2.73. The number of benzene rings is 1. The van der Waals surface area contributed by atoms with Crippen LogP contribution in [0.3, 0.4) is 0 Å². The van der Waals surface area contributed by atoms with E-state index in [4.69, 9.17) is 4.74 Å². The Hall–Kier alpha value is -1.75. The van der Waals surface area contributed by atoms with Crippen molar-refractivity contribution in [1.82, 2.24) is 10.2 Å². The van der Waals surface area contributed by atoms with Gasteiger partial charge in [-0.25, -0.2) is 4.79 Å². The molecular formula is C16H25N3O2. The van der Waals surface area contributed by atoms with Crippen molar-refractivity contribution in [3.63, 3.8) is 0 Å². The summed E-state index contributed by atoms with van der Waals surface area (Å²) in [4.78, 5) is 16.3. The van der Waals surface area contributed by atoms with Crippen molar-refractivity contribution in [3.8, 4) is 0 Å². The number of anilines is 1. The van der Waals surface area contributed by atoms with E-state index in [0.717, 1.165) is 19.4 Å². The van der Waals surface area contributed by atoms with Crippen molar-refractivity contribution in [3.05, 3.63) is 29.8 Å². The van der Waals surface area contributed by atoms with Crippen molar-refractivity contribution in [2.24, 2.45) is 0 Å². The standard InChI is InChI=1S/C16H25N3O2/c1-18(2)14-7-4-6-13(12-14)15-8-5-10-19(15)16(20)17-9-11-21-3/h4,6-7,12,15H,5,8-11H2,1-3H3,(H,17,20). The number of rotatable bonds is 5. The Bertz CT molecular complexity index is 476. The highest BCUT2D eigenvalue weighted by Crippen LogP contribution is 2.33. The number of hydrogen-bond donors (Lipinski definition) is 1. The van der Waals surface area contributed by atoms with Crippen molar-refractivity contribution in [2.75, 3.05) is 45.8 Å². The van der Waals surface area contributed by atoms with E-state index in [1.807, 2.05) is 19.0 Å². The Morgan fingerprint density at radius 1 is 1.48 bits per heavy atom. The van der Waals surface area contributed by atoms with Crippen molar-refractivity contribution >= 4 is 11.7 Å². The molecule has 5 nitrogen and oxygen atoms in total. The zero-order valence-electron chi connectivity index (χ0n) is 13.1. The van der Waals surface area contributed by atoms with Gasteiger partial charge in [-0.1, -0.05) is 12.1 Å². The molecule has 0 saturated carbocycles. The topological polar surface area (TPSA) is 44.8 Å². The highest BCUT2D eigenvalue weighted by atomic mass is 16.5. The second-order valence-corrected chi connectivity index (χ2v) is 5.57. The van der Waals surface area contributed by atoms with Gasteiger partial charge in [0.1, 0.15) is 0 Å². The van der Waals surface area contributed by atoms with Crippen LogP contribution in [-0.4, -0.2) is 51.8 Å². The number of methoxy groups -OCH3 is 1. The minimum atomic E-state index is 0.00445. The van der Waals surface area contributed by atoms with Crippen molar-refractivity contribution < 1.29 is 9.53 Å². The summed E-state index contributed by atoms with van der Waals surface area (Å²) in [6.45, 7) is 1.91. The molecule has 1 atom stereocenters. The Labute approximate surface area is 126 Å². The average Bonchev–Trinajstić information content (AvgIpc) is 2.97. The number of hydrogen-bond acceptors (Lipinski definition) is 3. The number of nitrogens with zero attached hydrogens (tertiary/aromatic N) is 2. The summed E-state index contributed by atoms with van der Waals surface area (Å²) in [5.41, 5.74) is 2.37. The molecule has 0 aromatic heterocycles. The number of urea groups is 1. The van der Waals surface area contributed by atoms with Crippen molar-refractivity contribution in [1.29, 1.82) is 0 Å². The zero-order chi connectivity index (χ0) is 15.2. The molecule has 1 aromatic rings. The molecule has 1 aromatic carbocycles. The number of amides is 2. The summed E-state index contributed by atoms with van der Waals surface area (Å²) in [6, 6.07) is 8.60. The molecule has 1 N–H and O–H groups in total. The monoisotopic (exact) mass is 291 g/mol. The third kappa shape index (κ3) is 3.88. The maximum atomic E-state index is 12.3. The average molecular weight is 291 g/mol. The molecular weight excluding hydrogens is 266 g/mol. The molecule has 1 aliphatic heterocycles. The summed E-state index contributed by atoms with van der Waals surface area (Å²) in [5, 5.41) is 2.91. The molecule has 1 heterocycles. The van der Waals surface area contributed by atoms with E-state index in [-0.39, 0.29) is 12.1 Å². The first-order valence-corrected chi connectivity index (χ1v) is 7.44. The minimum Gasteiger partial charge on any atom is -0.383 e. The van der Waals surface area contributed by atoms with Crippen LogP contribution in [0.2, 0.25) is 0 Å². The number of nitrogens with one attached hydrogen (secondary N) is 1. The van der Waals surface area contributed by atoms with E-state index in [2.05, 4.69) is 34.5 Å². The van der Waals surface area contributed by atoms with Gasteiger partial charge in [-0.3, -0.25) is 0 Å².